The second-order valence-electron chi connectivity index (χ2n) is 21.0. The van der Waals surface area contributed by atoms with Crippen LogP contribution in [0, 0.1) is 56.7 Å². The maximum absolute atomic E-state index is 12.8. The lowest BCUT2D eigenvalue weighted by molar-refractivity contribution is -0.221. The third-order valence-corrected chi connectivity index (χ3v) is 18.5. The molecule has 5 fully saturated rings. The lowest BCUT2D eigenvalue weighted by Gasteiger charge is -2.72. The number of allylic oxidation sites excluding steroid dienone is 4. The summed E-state index contributed by atoms with van der Waals surface area (Å²) in [6.45, 7) is 28.3. The third-order valence-electron chi connectivity index (χ3n) is 16.8. The molecule has 0 spiro atoms. The quantitative estimate of drug-likeness (QED) is 0.224. The molecule has 53 heavy (non-hydrogen) atoms. The van der Waals surface area contributed by atoms with Gasteiger partial charge in [0.15, 0.2) is 0 Å². The molecule has 0 amide bonds. The van der Waals surface area contributed by atoms with Crippen molar-refractivity contribution in [2.24, 2.45) is 56.7 Å². The average Bonchev–Trinajstić information content (AvgIpc) is 3.45. The number of nitrogens with zero attached hydrogens (tertiary/aromatic N) is 1. The van der Waals surface area contributed by atoms with E-state index in [1.54, 1.807) is 0 Å². The minimum atomic E-state index is -2.36. The Balaban J connectivity index is 1.14. The summed E-state index contributed by atoms with van der Waals surface area (Å²) in [6.07, 6.45) is 19.2. The third kappa shape index (κ3) is 6.56. The smallest absolute Gasteiger partial charge is 0.338 e. The summed E-state index contributed by atoms with van der Waals surface area (Å²) >= 11 is 0. The maximum atomic E-state index is 12.8. The molecular formula is C47H71NO4S. The molecule has 6 heteroatoms. The van der Waals surface area contributed by atoms with Crippen LogP contribution in [0.4, 0.5) is 0 Å². The Morgan fingerprint density at radius 2 is 1.60 bits per heavy atom. The first-order valence-electron chi connectivity index (χ1n) is 21.0. The lowest BCUT2D eigenvalue weighted by atomic mass is 9.32. The summed E-state index contributed by atoms with van der Waals surface area (Å²) in [6, 6.07) is 8.22. The highest BCUT2D eigenvalue weighted by molar-refractivity contribution is 8.24. The molecule has 1 aromatic rings. The van der Waals surface area contributed by atoms with Crippen molar-refractivity contribution >= 4 is 22.1 Å². The molecular weight excluding hydrogens is 675 g/mol. The minimum Gasteiger partial charge on any atom is -0.456 e. The molecule has 0 unspecified atom stereocenters. The average molecular weight is 746 g/mol. The van der Waals surface area contributed by atoms with Crippen LogP contribution in [0.1, 0.15) is 136 Å². The van der Waals surface area contributed by atoms with Gasteiger partial charge in [-0.25, -0.2) is 4.79 Å². The fourth-order valence-corrected chi connectivity index (χ4v) is 15.4. The van der Waals surface area contributed by atoms with E-state index in [0.717, 1.165) is 26.1 Å². The van der Waals surface area contributed by atoms with Gasteiger partial charge in [-0.05, 0) is 165 Å². The summed E-state index contributed by atoms with van der Waals surface area (Å²) in [4.78, 5) is 15.2. The summed E-state index contributed by atoms with van der Waals surface area (Å²) in [7, 11) is -2.36. The number of hydrogen-bond donors (Lipinski definition) is 2. The van der Waals surface area contributed by atoms with Crippen molar-refractivity contribution in [1.29, 1.82) is 0 Å². The van der Waals surface area contributed by atoms with Gasteiger partial charge in [-0.1, -0.05) is 77.1 Å². The van der Waals surface area contributed by atoms with E-state index in [1.807, 2.05) is 32.9 Å². The molecule has 0 radical (unpaired) electrons. The summed E-state index contributed by atoms with van der Waals surface area (Å²) in [5, 5.41) is 0. The van der Waals surface area contributed by atoms with Crippen molar-refractivity contribution in [3.8, 4) is 0 Å². The highest BCUT2D eigenvalue weighted by Crippen LogP contribution is 2.78. The number of hydrogen-bond acceptors (Lipinski definition) is 5. The van der Waals surface area contributed by atoms with E-state index in [-0.39, 0.29) is 22.2 Å². The van der Waals surface area contributed by atoms with Crippen molar-refractivity contribution in [2.45, 2.75) is 126 Å². The number of esters is 1. The number of benzene rings is 1. The molecule has 5 aliphatic carbocycles. The van der Waals surface area contributed by atoms with Crippen LogP contribution in [0.25, 0.3) is 5.57 Å². The zero-order valence-corrected chi connectivity index (χ0v) is 35.4. The first-order chi connectivity index (χ1) is 24.7. The fraction of sp³-hybridized carbons (Fsp3) is 0.723. The van der Waals surface area contributed by atoms with Gasteiger partial charge >= 0.3 is 5.97 Å². The van der Waals surface area contributed by atoms with Gasteiger partial charge in [-0.15, -0.1) is 0 Å². The number of carbonyl (C=O) groups is 1. The maximum Gasteiger partial charge on any atom is 0.338 e. The summed E-state index contributed by atoms with van der Waals surface area (Å²) in [5.41, 5.74) is 5.33. The van der Waals surface area contributed by atoms with E-state index in [9.17, 15) is 13.9 Å². The molecule has 4 saturated carbocycles. The summed E-state index contributed by atoms with van der Waals surface area (Å²) in [5.74, 6) is 4.05. The molecule has 5 nitrogen and oxygen atoms in total. The first kappa shape index (κ1) is 39.4. The Kier molecular flexibility index (Phi) is 9.94. The van der Waals surface area contributed by atoms with Gasteiger partial charge in [0, 0.05) is 19.6 Å². The second kappa shape index (κ2) is 13.4. The molecule has 1 saturated heterocycles. The molecule has 0 bridgehead atoms. The van der Waals surface area contributed by atoms with E-state index in [4.69, 9.17) is 4.74 Å². The molecule has 1 aliphatic heterocycles. The van der Waals surface area contributed by atoms with Gasteiger partial charge < -0.3 is 4.74 Å². The van der Waals surface area contributed by atoms with E-state index in [1.165, 1.54) is 68.1 Å². The predicted octanol–water partition coefficient (Wildman–Crippen LogP) is 11.9. The Hall–Kier alpha value is -1.86. The van der Waals surface area contributed by atoms with Gasteiger partial charge in [-0.2, -0.15) is 10.6 Å². The van der Waals surface area contributed by atoms with Gasteiger partial charge in [0.05, 0.1) is 17.1 Å². The van der Waals surface area contributed by atoms with Crippen LogP contribution in [0.2, 0.25) is 0 Å². The molecule has 6 aliphatic rings. The molecule has 0 aromatic heterocycles. The zero-order chi connectivity index (χ0) is 38.4. The number of rotatable bonds is 6. The van der Waals surface area contributed by atoms with Gasteiger partial charge in [0.1, 0.15) is 5.60 Å². The van der Waals surface area contributed by atoms with Gasteiger partial charge in [-0.3, -0.25) is 14.0 Å². The Labute approximate surface area is 323 Å². The van der Waals surface area contributed by atoms with Crippen LogP contribution < -0.4 is 0 Å². The monoisotopic (exact) mass is 746 g/mol. The minimum absolute atomic E-state index is 0.0358. The SMILES string of the molecule is C=C(C)[C@@H]1CC[C@]2(/C=C/CN3CCS(O)(O)CC3)CC[C@]3(C)[C@H](CC[C@@H]4[C@@]5(C)CC=C(c6ccc(C(=O)OC(C)(C)C)cc6)C(C)(C)[C@@H]5CC[C@]43C)[C@@H]12. The van der Waals surface area contributed by atoms with Crippen LogP contribution in [-0.4, -0.2) is 56.7 Å². The first-order valence-corrected chi connectivity index (χ1v) is 22.9. The highest BCUT2D eigenvalue weighted by atomic mass is 32.3. The topological polar surface area (TPSA) is 70.0 Å². The molecule has 1 heterocycles. The van der Waals surface area contributed by atoms with Crippen LogP contribution in [0.3, 0.4) is 0 Å². The van der Waals surface area contributed by atoms with E-state index in [0.29, 0.717) is 57.5 Å². The Morgan fingerprint density at radius 1 is 0.925 bits per heavy atom. The van der Waals surface area contributed by atoms with E-state index >= 15 is 0 Å². The highest BCUT2D eigenvalue weighted by Gasteiger charge is 2.70. The second-order valence-corrected chi connectivity index (χ2v) is 23.4. The summed E-state index contributed by atoms with van der Waals surface area (Å²) < 4.78 is 25.9. The van der Waals surface area contributed by atoms with E-state index < -0.39 is 16.2 Å². The molecule has 7 rings (SSSR count). The standard InChI is InChI=1S/C47H71NO4S/c1-32(2)35-18-24-47(21-11-27-48-28-30-53(50,51)31-29-48)26-25-45(9)37(40(35)47)16-17-39-44(8)22-19-36(43(6,7)38(44)20-23-46(39,45)10)33-12-14-34(15-13-33)41(49)52-42(3,4)5/h11-15,19,21,35,37-40,50-51H,1,16-18,20,22-31H2,2-10H3/b21-11+/t35-,37+,38-,39+,40+,44-,45+,46+,47+/m0/s1. The van der Waals surface area contributed by atoms with Gasteiger partial charge in [0.2, 0.25) is 0 Å². The lowest BCUT2D eigenvalue weighted by Crippen LogP contribution is -2.65. The van der Waals surface area contributed by atoms with Crippen LogP contribution in [0.5, 0.6) is 0 Å². The van der Waals surface area contributed by atoms with Crippen LogP contribution in [0.15, 0.2) is 54.6 Å². The number of fused-ring (bicyclic) bond motifs is 7. The zero-order valence-electron chi connectivity index (χ0n) is 34.6. The van der Waals surface area contributed by atoms with E-state index in [2.05, 4.69) is 83.4 Å². The largest absolute Gasteiger partial charge is 0.456 e. The van der Waals surface area contributed by atoms with Crippen molar-refractivity contribution in [2.75, 3.05) is 31.1 Å². The van der Waals surface area contributed by atoms with Crippen molar-refractivity contribution < 1.29 is 18.6 Å². The Bertz CT molecular complexity index is 1640. The van der Waals surface area contributed by atoms with Crippen molar-refractivity contribution in [1.82, 2.24) is 4.90 Å². The molecule has 9 atom stereocenters. The molecule has 2 N–H and O–H groups in total. The van der Waals surface area contributed by atoms with Crippen LogP contribution >= 0.6 is 10.6 Å². The number of ether oxygens (including phenoxy) is 1. The normalized spacial score (nSPS) is 41.3. The number of carbonyl (C=O) groups excluding carboxylic acids is 1. The predicted molar refractivity (Wildman–Crippen MR) is 222 cm³/mol. The van der Waals surface area contributed by atoms with Gasteiger partial charge in [0.25, 0.3) is 0 Å². The van der Waals surface area contributed by atoms with Crippen LogP contribution in [-0.2, 0) is 4.74 Å². The molecule has 1 aromatic carbocycles. The molecule has 294 valence electrons. The van der Waals surface area contributed by atoms with Crippen molar-refractivity contribution in [3.05, 3.63) is 65.8 Å². The fourth-order valence-electron chi connectivity index (χ4n) is 14.1. The Morgan fingerprint density at radius 3 is 2.25 bits per heavy atom. The van der Waals surface area contributed by atoms with Crippen molar-refractivity contribution in [3.63, 3.8) is 0 Å².